The first-order valence-corrected chi connectivity index (χ1v) is 8.54. The largest absolute Gasteiger partial charge is 0.457 e. The van der Waals surface area contributed by atoms with Crippen molar-refractivity contribution in [2.75, 3.05) is 0 Å². The van der Waals surface area contributed by atoms with Gasteiger partial charge in [0.2, 0.25) is 0 Å². The number of aliphatic hydroxyl groups excluding tert-OH is 1. The molecule has 0 saturated carbocycles. The molecule has 1 N–H and O–H groups in total. The highest BCUT2D eigenvalue weighted by atomic mass is 16.6. The van der Waals surface area contributed by atoms with Crippen molar-refractivity contribution in [3.05, 3.63) is 46.6 Å². The maximum atomic E-state index is 12.5. The number of carbonyl (C=O) groups is 3. The molecule has 6 heteroatoms. The number of ether oxygens (including phenoxy) is 2. The number of aliphatic hydroxyl groups is 1. The van der Waals surface area contributed by atoms with Crippen LogP contribution in [0, 0.1) is 11.8 Å². The summed E-state index contributed by atoms with van der Waals surface area (Å²) in [6, 6.07) is 0. The Kier molecular flexibility index (Phi) is 4.48. The first kappa shape index (κ1) is 18.3. The van der Waals surface area contributed by atoms with E-state index < -0.39 is 42.1 Å². The lowest BCUT2D eigenvalue weighted by Crippen LogP contribution is -2.41. The molecular weight excluding hydrogens is 336 g/mol. The second-order valence-corrected chi connectivity index (χ2v) is 7.04. The highest BCUT2D eigenvalue weighted by Gasteiger charge is 2.55. The molecule has 0 bridgehead atoms. The Morgan fingerprint density at radius 1 is 1.35 bits per heavy atom. The van der Waals surface area contributed by atoms with Gasteiger partial charge in [-0.3, -0.25) is 4.79 Å². The van der Waals surface area contributed by atoms with Crippen molar-refractivity contribution in [2.45, 2.75) is 46.0 Å². The molecule has 26 heavy (non-hydrogen) atoms. The normalized spacial score (nSPS) is 34.2. The van der Waals surface area contributed by atoms with Crippen LogP contribution in [-0.2, 0) is 23.9 Å². The topological polar surface area (TPSA) is 89.9 Å². The zero-order chi connectivity index (χ0) is 19.3. The van der Waals surface area contributed by atoms with Gasteiger partial charge in [0, 0.05) is 22.6 Å². The van der Waals surface area contributed by atoms with E-state index in [1.54, 1.807) is 33.8 Å². The van der Waals surface area contributed by atoms with Gasteiger partial charge in [-0.05, 0) is 39.3 Å². The average molecular weight is 358 g/mol. The van der Waals surface area contributed by atoms with Crippen molar-refractivity contribution in [3.63, 3.8) is 0 Å². The van der Waals surface area contributed by atoms with Crippen LogP contribution in [0.2, 0.25) is 0 Å². The summed E-state index contributed by atoms with van der Waals surface area (Å²) in [7, 11) is 0. The number of fused-ring (bicyclic) bond motifs is 3. The van der Waals surface area contributed by atoms with Gasteiger partial charge in [-0.15, -0.1) is 0 Å². The van der Waals surface area contributed by atoms with Crippen LogP contribution in [-0.4, -0.2) is 41.1 Å². The molecule has 0 amide bonds. The number of esters is 2. The van der Waals surface area contributed by atoms with Crippen LogP contribution < -0.4 is 0 Å². The van der Waals surface area contributed by atoms with Gasteiger partial charge in [-0.25, -0.2) is 9.59 Å². The third-order valence-electron chi connectivity index (χ3n) is 5.53. The third kappa shape index (κ3) is 2.56. The summed E-state index contributed by atoms with van der Waals surface area (Å²) in [6.07, 6.45) is 0.0888. The van der Waals surface area contributed by atoms with Crippen molar-refractivity contribution in [1.82, 2.24) is 0 Å². The predicted molar refractivity (Wildman–Crippen MR) is 92.8 cm³/mol. The zero-order valence-corrected chi connectivity index (χ0v) is 15.2. The maximum Gasteiger partial charge on any atom is 0.334 e. The first-order valence-electron chi connectivity index (χ1n) is 8.54. The summed E-state index contributed by atoms with van der Waals surface area (Å²) < 4.78 is 11.0. The number of hydrogen-bond acceptors (Lipinski definition) is 6. The number of ketones is 1. The summed E-state index contributed by atoms with van der Waals surface area (Å²) in [4.78, 5) is 36.9. The van der Waals surface area contributed by atoms with Crippen LogP contribution in [0.3, 0.4) is 0 Å². The Labute approximate surface area is 151 Å². The predicted octanol–water partition coefficient (Wildman–Crippen LogP) is 1.80. The molecule has 3 aliphatic rings. The van der Waals surface area contributed by atoms with Crippen molar-refractivity contribution in [2.24, 2.45) is 11.8 Å². The molecule has 0 aromatic carbocycles. The summed E-state index contributed by atoms with van der Waals surface area (Å²) in [5.41, 5.74) is 2.18. The van der Waals surface area contributed by atoms with Crippen LogP contribution in [0.4, 0.5) is 0 Å². The summed E-state index contributed by atoms with van der Waals surface area (Å²) in [5, 5.41) is 11.0. The van der Waals surface area contributed by atoms with E-state index in [2.05, 4.69) is 6.58 Å². The van der Waals surface area contributed by atoms with E-state index in [0.29, 0.717) is 16.7 Å². The Bertz CT molecular complexity index is 812. The molecule has 138 valence electrons. The van der Waals surface area contributed by atoms with E-state index >= 15 is 0 Å². The van der Waals surface area contributed by atoms with E-state index in [0.717, 1.165) is 5.57 Å². The van der Waals surface area contributed by atoms with Gasteiger partial charge < -0.3 is 14.6 Å². The standard InChI is InChI=1S/C20H22O6/c1-6-8(2)19(23)25-17-10(4)14-12(21)7-9(3)13(14)18-15(16(17)22)11(5)20(24)26-18/h6-7,13,15-18,22H,5H2,1-4H3/b8-6-/t13-,15-,16+,17+,18+/m0/s1. The van der Waals surface area contributed by atoms with Crippen LogP contribution in [0.5, 0.6) is 0 Å². The van der Waals surface area contributed by atoms with Crippen molar-refractivity contribution >= 4 is 17.7 Å². The Balaban J connectivity index is 2.12. The van der Waals surface area contributed by atoms with E-state index in [1.165, 1.54) is 6.08 Å². The smallest absolute Gasteiger partial charge is 0.334 e. The van der Waals surface area contributed by atoms with Crippen LogP contribution in [0.15, 0.2) is 46.6 Å². The molecule has 5 atom stereocenters. The number of allylic oxidation sites excluding steroid dienone is 2. The van der Waals surface area contributed by atoms with E-state index in [1.807, 2.05) is 0 Å². The van der Waals surface area contributed by atoms with Crippen LogP contribution in [0.1, 0.15) is 27.7 Å². The second-order valence-electron chi connectivity index (χ2n) is 7.04. The van der Waals surface area contributed by atoms with Crippen LogP contribution in [0.25, 0.3) is 0 Å². The molecule has 0 aromatic heterocycles. The van der Waals surface area contributed by atoms with Gasteiger partial charge in [-0.2, -0.15) is 0 Å². The monoisotopic (exact) mass is 358 g/mol. The fourth-order valence-electron chi connectivity index (χ4n) is 3.98. The Morgan fingerprint density at radius 3 is 2.62 bits per heavy atom. The highest BCUT2D eigenvalue weighted by Crippen LogP contribution is 2.48. The highest BCUT2D eigenvalue weighted by molar-refractivity contribution is 6.09. The maximum absolute atomic E-state index is 12.5. The van der Waals surface area contributed by atoms with Gasteiger partial charge in [0.1, 0.15) is 12.2 Å². The third-order valence-corrected chi connectivity index (χ3v) is 5.53. The van der Waals surface area contributed by atoms with E-state index in [9.17, 15) is 19.5 Å². The number of rotatable bonds is 2. The molecule has 2 aliphatic carbocycles. The lowest BCUT2D eigenvalue weighted by molar-refractivity contribution is -0.150. The minimum Gasteiger partial charge on any atom is -0.457 e. The van der Waals surface area contributed by atoms with Gasteiger partial charge >= 0.3 is 11.9 Å². The zero-order valence-electron chi connectivity index (χ0n) is 15.2. The quantitative estimate of drug-likeness (QED) is 0.598. The Morgan fingerprint density at radius 2 is 2.00 bits per heavy atom. The molecular formula is C20H22O6. The van der Waals surface area contributed by atoms with Gasteiger partial charge in [-0.1, -0.05) is 18.2 Å². The second kappa shape index (κ2) is 6.36. The van der Waals surface area contributed by atoms with E-state index in [4.69, 9.17) is 9.47 Å². The molecule has 0 spiro atoms. The minimum absolute atomic E-state index is 0.132. The molecule has 1 saturated heterocycles. The minimum atomic E-state index is -1.23. The Hall–Kier alpha value is -2.47. The van der Waals surface area contributed by atoms with Crippen molar-refractivity contribution in [1.29, 1.82) is 0 Å². The van der Waals surface area contributed by atoms with E-state index in [-0.39, 0.29) is 11.4 Å². The summed E-state index contributed by atoms with van der Waals surface area (Å²) >= 11 is 0. The number of hydrogen-bond donors (Lipinski definition) is 1. The molecule has 0 aromatic rings. The molecule has 1 heterocycles. The average Bonchev–Trinajstić information content (AvgIpc) is 3.02. The molecule has 6 nitrogen and oxygen atoms in total. The molecule has 0 radical (unpaired) electrons. The fourth-order valence-corrected chi connectivity index (χ4v) is 3.98. The molecule has 1 fully saturated rings. The first-order chi connectivity index (χ1) is 12.2. The van der Waals surface area contributed by atoms with Gasteiger partial charge in [0.15, 0.2) is 11.9 Å². The molecule has 1 aliphatic heterocycles. The summed E-state index contributed by atoms with van der Waals surface area (Å²) in [6.45, 7) is 10.5. The SMILES string of the molecule is C=C1C(=O)O[C@@H]2[C@H]3C(C)=CC(=O)C3=C(C)[C@@H](OC(=O)/C(C)=C\C)[C@H](O)[C@H]12. The lowest BCUT2D eigenvalue weighted by atomic mass is 9.82. The van der Waals surface area contributed by atoms with Crippen LogP contribution >= 0.6 is 0 Å². The molecule has 0 unspecified atom stereocenters. The lowest BCUT2D eigenvalue weighted by Gasteiger charge is -2.28. The summed E-state index contributed by atoms with van der Waals surface area (Å²) in [5.74, 6) is -2.61. The number of carbonyl (C=O) groups excluding carboxylic acids is 3. The fraction of sp³-hybridized carbons (Fsp3) is 0.450. The van der Waals surface area contributed by atoms with Crippen molar-refractivity contribution in [3.8, 4) is 0 Å². The van der Waals surface area contributed by atoms with Gasteiger partial charge in [0.05, 0.1) is 5.92 Å². The van der Waals surface area contributed by atoms with Gasteiger partial charge in [0.25, 0.3) is 0 Å². The molecule has 3 rings (SSSR count). The van der Waals surface area contributed by atoms with Crippen molar-refractivity contribution < 1.29 is 29.0 Å².